The fourth-order valence-electron chi connectivity index (χ4n) is 2.96. The first-order chi connectivity index (χ1) is 11.6. The quantitative estimate of drug-likeness (QED) is 0.597. The second-order valence-corrected chi connectivity index (χ2v) is 6.22. The van der Waals surface area contributed by atoms with Crippen LogP contribution in [0, 0.1) is 17.0 Å². The Hall–Kier alpha value is -2.25. The van der Waals surface area contributed by atoms with Gasteiger partial charge in [-0.25, -0.2) is 0 Å². The molecule has 0 saturated carbocycles. The van der Waals surface area contributed by atoms with Gasteiger partial charge in [-0.15, -0.1) is 0 Å². The molecule has 0 spiro atoms. The van der Waals surface area contributed by atoms with Gasteiger partial charge in [0.25, 0.3) is 5.69 Å². The van der Waals surface area contributed by atoms with Crippen molar-refractivity contribution in [3.63, 3.8) is 0 Å². The molecule has 7 heteroatoms. The van der Waals surface area contributed by atoms with E-state index in [0.717, 1.165) is 62.7 Å². The van der Waals surface area contributed by atoms with Gasteiger partial charge >= 0.3 is 0 Å². The van der Waals surface area contributed by atoms with Crippen molar-refractivity contribution in [3.8, 4) is 0 Å². The maximum Gasteiger partial charge on any atom is 0.269 e. The number of benzene rings is 1. The average Bonchev–Trinajstić information content (AvgIpc) is 2.99. The first-order valence-corrected chi connectivity index (χ1v) is 8.20. The second-order valence-electron chi connectivity index (χ2n) is 6.22. The summed E-state index contributed by atoms with van der Waals surface area (Å²) in [7, 11) is 0. The Labute approximate surface area is 141 Å². The number of piperazine rings is 1. The van der Waals surface area contributed by atoms with Crippen molar-refractivity contribution < 1.29 is 9.45 Å². The van der Waals surface area contributed by atoms with E-state index in [1.54, 1.807) is 12.1 Å². The van der Waals surface area contributed by atoms with Gasteiger partial charge in [0, 0.05) is 57.5 Å². The van der Waals surface area contributed by atoms with E-state index in [1.807, 2.05) is 25.1 Å². The first-order valence-electron chi connectivity index (χ1n) is 8.20. The van der Waals surface area contributed by atoms with Crippen LogP contribution in [-0.4, -0.2) is 52.6 Å². The molecule has 0 bridgehead atoms. The highest BCUT2D eigenvalue weighted by atomic mass is 16.6. The molecule has 3 rings (SSSR count). The summed E-state index contributed by atoms with van der Waals surface area (Å²) in [6, 6.07) is 8.84. The van der Waals surface area contributed by atoms with E-state index < -0.39 is 0 Å². The van der Waals surface area contributed by atoms with Gasteiger partial charge in [-0.05, 0) is 18.9 Å². The van der Waals surface area contributed by atoms with Crippen LogP contribution in [-0.2, 0) is 13.0 Å². The van der Waals surface area contributed by atoms with E-state index >= 15 is 0 Å². The van der Waals surface area contributed by atoms with Gasteiger partial charge in [-0.2, -0.15) is 0 Å². The summed E-state index contributed by atoms with van der Waals surface area (Å²) in [5.74, 6) is 0.853. The van der Waals surface area contributed by atoms with Crippen LogP contribution in [0.25, 0.3) is 0 Å². The molecule has 0 unspecified atom stereocenters. The van der Waals surface area contributed by atoms with Crippen LogP contribution in [0.2, 0.25) is 0 Å². The lowest BCUT2D eigenvalue weighted by Crippen LogP contribution is -2.46. The van der Waals surface area contributed by atoms with Crippen LogP contribution >= 0.6 is 0 Å². The van der Waals surface area contributed by atoms with Crippen LogP contribution in [0.15, 0.2) is 34.9 Å². The maximum absolute atomic E-state index is 10.7. The van der Waals surface area contributed by atoms with Gasteiger partial charge < -0.3 is 9.42 Å². The molecule has 1 aromatic carbocycles. The highest BCUT2D eigenvalue weighted by Crippen LogP contribution is 2.13. The predicted octanol–water partition coefficient (Wildman–Crippen LogP) is 2.25. The molecule has 0 N–H and O–H groups in total. The topological polar surface area (TPSA) is 75.7 Å². The largest absolute Gasteiger partial charge is 0.361 e. The Bertz CT molecular complexity index is 675. The summed E-state index contributed by atoms with van der Waals surface area (Å²) >= 11 is 0. The number of aryl methyl sites for hydroxylation is 1. The van der Waals surface area contributed by atoms with Gasteiger partial charge in [0.15, 0.2) is 0 Å². The van der Waals surface area contributed by atoms with Gasteiger partial charge in [-0.3, -0.25) is 15.0 Å². The third-order valence-electron chi connectivity index (χ3n) is 4.39. The van der Waals surface area contributed by atoms with E-state index in [2.05, 4.69) is 15.0 Å². The number of nitro groups is 1. The molecule has 0 atom stereocenters. The van der Waals surface area contributed by atoms with Crippen LogP contribution < -0.4 is 0 Å². The molecular weight excluding hydrogens is 308 g/mol. The molecule has 2 heterocycles. The number of hydrogen-bond acceptors (Lipinski definition) is 6. The zero-order chi connectivity index (χ0) is 16.9. The Morgan fingerprint density at radius 2 is 1.83 bits per heavy atom. The van der Waals surface area contributed by atoms with Crippen molar-refractivity contribution in [1.82, 2.24) is 15.0 Å². The highest BCUT2D eigenvalue weighted by molar-refractivity contribution is 5.32. The van der Waals surface area contributed by atoms with Gasteiger partial charge in [0.2, 0.25) is 0 Å². The normalized spacial score (nSPS) is 16.4. The Balaban J connectivity index is 1.41. The molecule has 1 fully saturated rings. The van der Waals surface area contributed by atoms with Crippen molar-refractivity contribution >= 4 is 5.69 Å². The van der Waals surface area contributed by atoms with E-state index in [1.165, 1.54) is 0 Å². The molecule has 0 amide bonds. The van der Waals surface area contributed by atoms with Gasteiger partial charge in [0.1, 0.15) is 5.76 Å². The predicted molar refractivity (Wildman–Crippen MR) is 89.8 cm³/mol. The summed E-state index contributed by atoms with van der Waals surface area (Å²) < 4.78 is 5.11. The van der Waals surface area contributed by atoms with Crippen molar-refractivity contribution in [3.05, 3.63) is 57.5 Å². The van der Waals surface area contributed by atoms with E-state index in [-0.39, 0.29) is 10.6 Å². The molecule has 0 radical (unpaired) electrons. The number of rotatable bonds is 6. The second kappa shape index (κ2) is 7.55. The molecule has 128 valence electrons. The third kappa shape index (κ3) is 4.39. The Morgan fingerprint density at radius 3 is 2.42 bits per heavy atom. The molecule has 1 aliphatic heterocycles. The van der Waals surface area contributed by atoms with Gasteiger partial charge in [0.05, 0.1) is 10.6 Å². The number of nitrogens with zero attached hydrogens (tertiary/aromatic N) is 4. The number of aromatic nitrogens is 1. The van der Waals surface area contributed by atoms with Gasteiger partial charge in [-0.1, -0.05) is 17.3 Å². The van der Waals surface area contributed by atoms with E-state index in [0.29, 0.717) is 0 Å². The smallest absolute Gasteiger partial charge is 0.269 e. The third-order valence-corrected chi connectivity index (χ3v) is 4.39. The van der Waals surface area contributed by atoms with Crippen LogP contribution in [0.4, 0.5) is 5.69 Å². The average molecular weight is 330 g/mol. The lowest BCUT2D eigenvalue weighted by Gasteiger charge is -2.34. The summed E-state index contributed by atoms with van der Waals surface area (Å²) in [5.41, 5.74) is 2.28. The molecule has 24 heavy (non-hydrogen) atoms. The summed E-state index contributed by atoms with van der Waals surface area (Å²) in [6.07, 6.45) is 0.917. The van der Waals surface area contributed by atoms with Crippen molar-refractivity contribution in [2.24, 2.45) is 0 Å². The number of nitro benzene ring substituents is 1. The first kappa shape index (κ1) is 16.6. The molecule has 1 aromatic heterocycles. The summed E-state index contributed by atoms with van der Waals surface area (Å²) in [5, 5.41) is 14.7. The molecule has 1 aliphatic rings. The fourth-order valence-corrected chi connectivity index (χ4v) is 2.96. The van der Waals surface area contributed by atoms with E-state index in [4.69, 9.17) is 4.52 Å². The maximum atomic E-state index is 10.7. The van der Waals surface area contributed by atoms with Crippen LogP contribution in [0.5, 0.6) is 0 Å². The minimum atomic E-state index is -0.362. The SMILES string of the molecule is Cc1cc(CN2CCN(CCc3ccc([N+](=O)[O-])cc3)CC2)no1. The van der Waals surface area contributed by atoms with E-state index in [9.17, 15) is 10.1 Å². The molecule has 2 aromatic rings. The summed E-state index contributed by atoms with van der Waals surface area (Å²) in [6.45, 7) is 7.83. The Kier molecular flexibility index (Phi) is 5.22. The number of hydrogen-bond donors (Lipinski definition) is 0. The minimum absolute atomic E-state index is 0.149. The molecule has 1 saturated heterocycles. The van der Waals surface area contributed by atoms with Crippen LogP contribution in [0.1, 0.15) is 17.0 Å². The van der Waals surface area contributed by atoms with Crippen molar-refractivity contribution in [2.75, 3.05) is 32.7 Å². The summed E-state index contributed by atoms with van der Waals surface area (Å²) in [4.78, 5) is 15.1. The molecule has 7 nitrogen and oxygen atoms in total. The minimum Gasteiger partial charge on any atom is -0.361 e. The molecular formula is C17H22N4O3. The fraction of sp³-hybridized carbons (Fsp3) is 0.471. The monoisotopic (exact) mass is 330 g/mol. The number of non-ortho nitro benzene ring substituents is 1. The lowest BCUT2D eigenvalue weighted by atomic mass is 10.1. The zero-order valence-corrected chi connectivity index (χ0v) is 13.9. The van der Waals surface area contributed by atoms with Crippen LogP contribution in [0.3, 0.4) is 0 Å². The Morgan fingerprint density at radius 1 is 1.17 bits per heavy atom. The van der Waals surface area contributed by atoms with Crippen molar-refractivity contribution in [1.29, 1.82) is 0 Å². The highest BCUT2D eigenvalue weighted by Gasteiger charge is 2.18. The van der Waals surface area contributed by atoms with Crippen molar-refractivity contribution in [2.45, 2.75) is 19.9 Å². The zero-order valence-electron chi connectivity index (χ0n) is 13.9. The lowest BCUT2D eigenvalue weighted by molar-refractivity contribution is -0.384. The standard InChI is InChI=1S/C17H22N4O3/c1-14-12-16(18-24-14)13-20-10-8-19(9-11-20)7-6-15-2-4-17(5-3-15)21(22)23/h2-5,12H,6-11,13H2,1H3. The molecule has 0 aliphatic carbocycles.